The number of hydrogen-bond donors (Lipinski definition) is 1. The van der Waals surface area contributed by atoms with Gasteiger partial charge in [-0.2, -0.15) is 4.68 Å². The SMILES string of the molecule is Cc1[nH]n(C(=O)C2CC2)c(=O)c1Cc1ccc(F)cc1. The zero-order valence-electron chi connectivity index (χ0n) is 11.1. The van der Waals surface area contributed by atoms with Crippen LogP contribution < -0.4 is 5.56 Å². The lowest BCUT2D eigenvalue weighted by Gasteiger charge is -1.99. The van der Waals surface area contributed by atoms with Crippen LogP contribution in [-0.2, 0) is 6.42 Å². The Morgan fingerprint density at radius 3 is 2.60 bits per heavy atom. The zero-order chi connectivity index (χ0) is 14.3. The van der Waals surface area contributed by atoms with E-state index in [-0.39, 0.29) is 23.2 Å². The maximum absolute atomic E-state index is 12.9. The second-order valence-electron chi connectivity index (χ2n) is 5.27. The van der Waals surface area contributed by atoms with Crippen molar-refractivity contribution in [2.75, 3.05) is 0 Å². The van der Waals surface area contributed by atoms with Crippen molar-refractivity contribution < 1.29 is 9.18 Å². The number of aryl methyl sites for hydroxylation is 1. The van der Waals surface area contributed by atoms with Crippen molar-refractivity contribution in [2.45, 2.75) is 26.2 Å². The van der Waals surface area contributed by atoms with E-state index in [1.54, 1.807) is 19.1 Å². The summed E-state index contributed by atoms with van der Waals surface area (Å²) in [7, 11) is 0. The fourth-order valence-corrected chi connectivity index (χ4v) is 2.26. The quantitative estimate of drug-likeness (QED) is 0.933. The Balaban J connectivity index is 1.91. The summed E-state index contributed by atoms with van der Waals surface area (Å²) < 4.78 is 14.0. The minimum atomic E-state index is -0.305. The first-order valence-corrected chi connectivity index (χ1v) is 6.65. The average Bonchev–Trinajstić information content (AvgIpc) is 3.23. The Bertz CT molecular complexity index is 708. The van der Waals surface area contributed by atoms with Crippen molar-refractivity contribution in [3.63, 3.8) is 0 Å². The molecule has 1 heterocycles. The highest BCUT2D eigenvalue weighted by Crippen LogP contribution is 2.30. The molecule has 0 spiro atoms. The molecule has 1 aromatic carbocycles. The summed E-state index contributed by atoms with van der Waals surface area (Å²) in [4.78, 5) is 24.2. The van der Waals surface area contributed by atoms with Gasteiger partial charge in [0.15, 0.2) is 0 Å². The molecule has 1 aliphatic carbocycles. The molecule has 5 heteroatoms. The van der Waals surface area contributed by atoms with E-state index in [0.29, 0.717) is 17.7 Å². The van der Waals surface area contributed by atoms with Gasteiger partial charge in [-0.1, -0.05) is 12.1 Å². The largest absolute Gasteiger partial charge is 0.293 e. The lowest BCUT2D eigenvalue weighted by molar-refractivity contribution is 0.0865. The van der Waals surface area contributed by atoms with Crippen LogP contribution in [0.3, 0.4) is 0 Å². The van der Waals surface area contributed by atoms with Crippen molar-refractivity contribution >= 4 is 5.91 Å². The lowest BCUT2D eigenvalue weighted by Crippen LogP contribution is -2.27. The molecule has 0 bridgehead atoms. The van der Waals surface area contributed by atoms with Gasteiger partial charge in [0.1, 0.15) is 5.82 Å². The van der Waals surface area contributed by atoms with E-state index in [1.165, 1.54) is 12.1 Å². The van der Waals surface area contributed by atoms with Crippen LogP contribution >= 0.6 is 0 Å². The molecule has 0 aliphatic heterocycles. The number of halogens is 1. The van der Waals surface area contributed by atoms with Gasteiger partial charge < -0.3 is 0 Å². The predicted molar refractivity (Wildman–Crippen MR) is 72.3 cm³/mol. The normalized spacial score (nSPS) is 14.5. The number of aromatic nitrogens is 2. The first-order chi connectivity index (χ1) is 9.56. The molecule has 2 aromatic rings. The zero-order valence-corrected chi connectivity index (χ0v) is 11.1. The van der Waals surface area contributed by atoms with Crippen LogP contribution in [0.2, 0.25) is 0 Å². The number of H-pyrrole nitrogens is 1. The Hall–Kier alpha value is -2.17. The Morgan fingerprint density at radius 2 is 2.00 bits per heavy atom. The molecule has 0 amide bonds. The van der Waals surface area contributed by atoms with Crippen LogP contribution in [0.15, 0.2) is 29.1 Å². The van der Waals surface area contributed by atoms with E-state index < -0.39 is 0 Å². The molecule has 3 rings (SSSR count). The Morgan fingerprint density at radius 1 is 1.35 bits per heavy atom. The summed E-state index contributed by atoms with van der Waals surface area (Å²) in [5.74, 6) is -0.464. The summed E-state index contributed by atoms with van der Waals surface area (Å²) in [6.07, 6.45) is 2.11. The topological polar surface area (TPSA) is 54.9 Å². The summed E-state index contributed by atoms with van der Waals surface area (Å²) in [5.41, 5.74) is 1.80. The first kappa shape index (κ1) is 12.8. The minimum Gasteiger partial charge on any atom is -0.293 e. The van der Waals surface area contributed by atoms with Gasteiger partial charge in [-0.05, 0) is 37.5 Å². The fraction of sp³-hybridized carbons (Fsp3) is 0.333. The summed E-state index contributed by atoms with van der Waals surface area (Å²) in [6.45, 7) is 1.77. The molecule has 104 valence electrons. The molecular formula is C15H15FN2O2. The second-order valence-corrected chi connectivity index (χ2v) is 5.27. The number of carbonyl (C=O) groups excluding carboxylic acids is 1. The minimum absolute atomic E-state index is 0.00980. The van der Waals surface area contributed by atoms with Crippen molar-refractivity contribution in [3.8, 4) is 0 Å². The molecule has 0 radical (unpaired) electrons. The molecule has 1 N–H and O–H groups in total. The summed E-state index contributed by atoms with van der Waals surface area (Å²) in [5, 5.41) is 2.85. The molecule has 1 aromatic heterocycles. The van der Waals surface area contributed by atoms with Crippen LogP contribution in [0.1, 0.15) is 34.5 Å². The second kappa shape index (κ2) is 4.74. The monoisotopic (exact) mass is 274 g/mol. The van der Waals surface area contributed by atoms with Gasteiger partial charge in [-0.3, -0.25) is 14.7 Å². The van der Waals surface area contributed by atoms with Crippen LogP contribution in [-0.4, -0.2) is 15.7 Å². The highest BCUT2D eigenvalue weighted by Gasteiger charge is 2.32. The van der Waals surface area contributed by atoms with Gasteiger partial charge in [0.25, 0.3) is 11.5 Å². The number of benzene rings is 1. The maximum Gasteiger partial charge on any atom is 0.277 e. The molecule has 0 atom stereocenters. The van der Waals surface area contributed by atoms with E-state index >= 15 is 0 Å². The van der Waals surface area contributed by atoms with Gasteiger partial charge in [0.05, 0.1) is 0 Å². The number of carbonyl (C=O) groups is 1. The van der Waals surface area contributed by atoms with E-state index in [9.17, 15) is 14.0 Å². The summed E-state index contributed by atoms with van der Waals surface area (Å²) >= 11 is 0. The van der Waals surface area contributed by atoms with E-state index in [2.05, 4.69) is 5.10 Å². The van der Waals surface area contributed by atoms with Crippen molar-refractivity contribution in [3.05, 3.63) is 57.3 Å². The molecule has 20 heavy (non-hydrogen) atoms. The van der Waals surface area contributed by atoms with E-state index in [4.69, 9.17) is 0 Å². The number of rotatable bonds is 3. The highest BCUT2D eigenvalue weighted by atomic mass is 19.1. The van der Waals surface area contributed by atoms with E-state index in [0.717, 1.165) is 23.1 Å². The number of aromatic amines is 1. The third kappa shape index (κ3) is 2.31. The van der Waals surface area contributed by atoms with Crippen molar-refractivity contribution in [2.24, 2.45) is 5.92 Å². The highest BCUT2D eigenvalue weighted by molar-refractivity contribution is 5.82. The van der Waals surface area contributed by atoms with Crippen LogP contribution in [0.5, 0.6) is 0 Å². The third-order valence-corrected chi connectivity index (χ3v) is 3.63. The molecule has 0 saturated heterocycles. The van der Waals surface area contributed by atoms with E-state index in [1.807, 2.05) is 0 Å². The van der Waals surface area contributed by atoms with Gasteiger partial charge in [-0.25, -0.2) is 4.39 Å². The molecule has 1 saturated carbocycles. The smallest absolute Gasteiger partial charge is 0.277 e. The van der Waals surface area contributed by atoms with Crippen LogP contribution in [0.25, 0.3) is 0 Å². The third-order valence-electron chi connectivity index (χ3n) is 3.63. The molecule has 1 aliphatic rings. The standard InChI is InChI=1S/C15H15FN2O2/c1-9-13(8-10-2-6-12(16)7-3-10)15(20)18(17-9)14(19)11-4-5-11/h2-3,6-7,11,17H,4-5,8H2,1H3. The molecule has 4 nitrogen and oxygen atoms in total. The average molecular weight is 274 g/mol. The predicted octanol–water partition coefficient (Wildman–Crippen LogP) is 2.26. The van der Waals surface area contributed by atoms with Gasteiger partial charge in [0, 0.05) is 23.6 Å². The van der Waals surface area contributed by atoms with Crippen molar-refractivity contribution in [1.29, 1.82) is 0 Å². The molecular weight excluding hydrogens is 259 g/mol. The van der Waals surface area contributed by atoms with Gasteiger partial charge in [-0.15, -0.1) is 0 Å². The van der Waals surface area contributed by atoms with Crippen LogP contribution in [0.4, 0.5) is 4.39 Å². The fourth-order valence-electron chi connectivity index (χ4n) is 2.26. The Kier molecular flexibility index (Phi) is 3.04. The van der Waals surface area contributed by atoms with Gasteiger partial charge in [0.2, 0.25) is 0 Å². The van der Waals surface area contributed by atoms with Gasteiger partial charge >= 0.3 is 0 Å². The first-order valence-electron chi connectivity index (χ1n) is 6.65. The molecule has 1 fully saturated rings. The number of hydrogen-bond acceptors (Lipinski definition) is 2. The Labute approximate surface area is 115 Å². The van der Waals surface area contributed by atoms with Crippen LogP contribution in [0, 0.1) is 18.7 Å². The maximum atomic E-state index is 12.9. The number of nitrogens with one attached hydrogen (secondary N) is 1. The lowest BCUT2D eigenvalue weighted by atomic mass is 10.1. The number of nitrogens with zero attached hydrogens (tertiary/aromatic N) is 1. The van der Waals surface area contributed by atoms with Crippen molar-refractivity contribution in [1.82, 2.24) is 9.78 Å². The summed E-state index contributed by atoms with van der Waals surface area (Å²) in [6, 6.07) is 6.03. The molecule has 0 unspecified atom stereocenters.